The molecular weight excluding hydrogens is 268 g/mol. The van der Waals surface area contributed by atoms with Gasteiger partial charge >= 0.3 is 0 Å². The quantitative estimate of drug-likeness (QED) is 0.905. The van der Waals surface area contributed by atoms with Gasteiger partial charge in [0.2, 0.25) is 5.82 Å². The van der Waals surface area contributed by atoms with E-state index in [0.717, 1.165) is 50.0 Å². The van der Waals surface area contributed by atoms with Gasteiger partial charge in [-0.05, 0) is 25.7 Å². The van der Waals surface area contributed by atoms with Gasteiger partial charge in [0.05, 0.1) is 5.39 Å². The highest BCUT2D eigenvalue weighted by Crippen LogP contribution is 2.26. The molecule has 7 nitrogen and oxygen atoms in total. The van der Waals surface area contributed by atoms with Gasteiger partial charge in [-0.15, -0.1) is 0 Å². The van der Waals surface area contributed by atoms with Crippen LogP contribution in [0.5, 0.6) is 0 Å². The Morgan fingerprint density at radius 1 is 1.29 bits per heavy atom. The molecule has 0 radical (unpaired) electrons. The normalized spacial score (nSPS) is 18.4. The van der Waals surface area contributed by atoms with E-state index in [4.69, 9.17) is 0 Å². The number of amides is 1. The third-order valence-electron chi connectivity index (χ3n) is 4.00. The fourth-order valence-electron chi connectivity index (χ4n) is 2.75. The van der Waals surface area contributed by atoms with E-state index in [2.05, 4.69) is 25.3 Å². The van der Waals surface area contributed by atoms with Crippen LogP contribution in [0.25, 0.3) is 11.0 Å². The summed E-state index contributed by atoms with van der Waals surface area (Å²) in [7, 11) is 1.86. The van der Waals surface area contributed by atoms with Crippen LogP contribution in [0.4, 0.5) is 5.82 Å². The highest BCUT2D eigenvalue weighted by atomic mass is 16.2. The molecule has 110 valence electrons. The Bertz CT molecular complexity index is 699. The van der Waals surface area contributed by atoms with E-state index in [0.29, 0.717) is 11.7 Å². The maximum absolute atomic E-state index is 12.2. The van der Waals surface area contributed by atoms with Gasteiger partial charge in [-0.3, -0.25) is 9.48 Å². The first kappa shape index (κ1) is 12.6. The number of anilines is 1. The molecule has 7 heteroatoms. The van der Waals surface area contributed by atoms with Crippen molar-refractivity contribution >= 4 is 22.8 Å². The summed E-state index contributed by atoms with van der Waals surface area (Å²) in [6.07, 6.45) is 6.35. The van der Waals surface area contributed by atoms with Gasteiger partial charge in [0.1, 0.15) is 5.82 Å². The van der Waals surface area contributed by atoms with Gasteiger partial charge in [-0.1, -0.05) is 0 Å². The minimum absolute atomic E-state index is 0.189. The molecule has 0 unspecified atom stereocenters. The summed E-state index contributed by atoms with van der Waals surface area (Å²) >= 11 is 0. The number of fused-ring (bicyclic) bond motifs is 1. The molecule has 0 bridgehead atoms. The lowest BCUT2D eigenvalue weighted by molar-refractivity contribution is 0.0941. The van der Waals surface area contributed by atoms with Crippen molar-refractivity contribution in [1.29, 1.82) is 0 Å². The average molecular weight is 286 g/mol. The molecule has 1 aliphatic heterocycles. The molecule has 4 rings (SSSR count). The fraction of sp³-hybridized carbons (Fsp3) is 0.571. The second-order valence-electron chi connectivity index (χ2n) is 5.85. The summed E-state index contributed by atoms with van der Waals surface area (Å²) in [6.45, 7) is 1.95. The Balaban J connectivity index is 1.78. The molecule has 0 spiro atoms. The van der Waals surface area contributed by atoms with Crippen LogP contribution in [0.2, 0.25) is 0 Å². The van der Waals surface area contributed by atoms with Crippen LogP contribution in [0.1, 0.15) is 36.3 Å². The zero-order valence-corrected chi connectivity index (χ0v) is 12.0. The average Bonchev–Trinajstić information content (AvgIpc) is 2.98. The molecule has 1 aliphatic carbocycles. The van der Waals surface area contributed by atoms with Crippen molar-refractivity contribution in [3.8, 4) is 0 Å². The Hall–Kier alpha value is -2.18. The second-order valence-corrected chi connectivity index (χ2v) is 5.85. The van der Waals surface area contributed by atoms with Crippen LogP contribution in [0.3, 0.4) is 0 Å². The lowest BCUT2D eigenvalue weighted by atomic mass is 10.3. The smallest absolute Gasteiger partial charge is 0.289 e. The van der Waals surface area contributed by atoms with Crippen LogP contribution >= 0.6 is 0 Å². The third kappa shape index (κ3) is 2.32. The molecule has 1 amide bonds. The molecule has 1 saturated carbocycles. The van der Waals surface area contributed by atoms with Crippen LogP contribution in [0, 0.1) is 0 Å². The molecule has 0 atom stereocenters. The predicted octanol–water partition coefficient (Wildman–Crippen LogP) is 0.856. The Labute approximate surface area is 122 Å². The molecule has 21 heavy (non-hydrogen) atoms. The number of nitrogens with zero attached hydrogens (tertiary/aromatic N) is 5. The van der Waals surface area contributed by atoms with Crippen molar-refractivity contribution in [3.63, 3.8) is 0 Å². The molecule has 2 aromatic heterocycles. The second kappa shape index (κ2) is 4.68. The monoisotopic (exact) mass is 286 g/mol. The summed E-state index contributed by atoms with van der Waals surface area (Å²) in [5.41, 5.74) is 0.593. The van der Waals surface area contributed by atoms with Crippen LogP contribution in [-0.4, -0.2) is 44.8 Å². The summed E-state index contributed by atoms with van der Waals surface area (Å²) in [5.74, 6) is 0.882. The van der Waals surface area contributed by atoms with Crippen LogP contribution in [-0.2, 0) is 7.05 Å². The SMILES string of the molecule is Cn1cc2c(N3CCCC3)nc(C(=O)NC3CC3)nc2n1. The predicted molar refractivity (Wildman–Crippen MR) is 78.2 cm³/mol. The van der Waals surface area contributed by atoms with E-state index >= 15 is 0 Å². The minimum Gasteiger partial charge on any atom is -0.356 e. The number of nitrogens with one attached hydrogen (secondary N) is 1. The number of rotatable bonds is 3. The lowest BCUT2D eigenvalue weighted by Gasteiger charge is -2.17. The first-order valence-corrected chi connectivity index (χ1v) is 7.48. The molecule has 2 aliphatic rings. The lowest BCUT2D eigenvalue weighted by Crippen LogP contribution is -2.28. The molecule has 2 aromatic rings. The Kier molecular flexibility index (Phi) is 2.80. The zero-order valence-electron chi connectivity index (χ0n) is 12.0. The third-order valence-corrected chi connectivity index (χ3v) is 4.00. The van der Waals surface area contributed by atoms with Gasteiger partial charge in [0.25, 0.3) is 5.91 Å². The van der Waals surface area contributed by atoms with Crippen molar-refractivity contribution in [3.05, 3.63) is 12.0 Å². The molecule has 1 saturated heterocycles. The van der Waals surface area contributed by atoms with E-state index in [-0.39, 0.29) is 11.7 Å². The number of carbonyl (C=O) groups excluding carboxylic acids is 1. The highest BCUT2D eigenvalue weighted by Gasteiger charge is 2.27. The van der Waals surface area contributed by atoms with Gasteiger partial charge in [0, 0.05) is 32.4 Å². The van der Waals surface area contributed by atoms with Crippen molar-refractivity contribution < 1.29 is 4.79 Å². The molecular formula is C14H18N6O. The Morgan fingerprint density at radius 2 is 2.05 bits per heavy atom. The summed E-state index contributed by atoms with van der Waals surface area (Å²) in [5, 5.41) is 8.20. The van der Waals surface area contributed by atoms with Crippen molar-refractivity contribution in [2.24, 2.45) is 7.05 Å². The number of aryl methyl sites for hydroxylation is 1. The topological polar surface area (TPSA) is 75.9 Å². The van der Waals surface area contributed by atoms with Crippen molar-refractivity contribution in [2.75, 3.05) is 18.0 Å². The Morgan fingerprint density at radius 3 is 2.76 bits per heavy atom. The van der Waals surface area contributed by atoms with E-state index in [1.165, 1.54) is 0 Å². The maximum atomic E-state index is 12.2. The first-order valence-electron chi connectivity index (χ1n) is 7.48. The standard InChI is InChI=1S/C14H18N6O/c1-19-8-10-11(18-19)16-12(14(21)15-9-4-5-9)17-13(10)20-6-2-3-7-20/h8-9H,2-7H2,1H3,(H,15,21). The summed E-state index contributed by atoms with van der Waals surface area (Å²) in [4.78, 5) is 23.3. The summed E-state index contributed by atoms with van der Waals surface area (Å²) in [6, 6.07) is 0.302. The first-order chi connectivity index (χ1) is 10.2. The number of carbonyl (C=O) groups is 1. The van der Waals surface area contributed by atoms with Crippen LogP contribution < -0.4 is 10.2 Å². The number of aromatic nitrogens is 4. The van der Waals surface area contributed by atoms with Crippen LogP contribution in [0.15, 0.2) is 6.20 Å². The fourth-order valence-corrected chi connectivity index (χ4v) is 2.75. The van der Waals surface area contributed by atoms with Gasteiger partial charge in [-0.25, -0.2) is 9.97 Å². The summed E-state index contributed by atoms with van der Waals surface area (Å²) < 4.78 is 1.72. The maximum Gasteiger partial charge on any atom is 0.289 e. The van der Waals surface area contributed by atoms with Crippen molar-refractivity contribution in [2.45, 2.75) is 31.7 Å². The van der Waals surface area contributed by atoms with E-state index in [9.17, 15) is 4.79 Å². The molecule has 3 heterocycles. The molecule has 1 N–H and O–H groups in total. The highest BCUT2D eigenvalue weighted by molar-refractivity contribution is 5.95. The van der Waals surface area contributed by atoms with Gasteiger partial charge in [0.15, 0.2) is 5.65 Å². The minimum atomic E-state index is -0.189. The number of hydrogen-bond acceptors (Lipinski definition) is 5. The van der Waals surface area contributed by atoms with E-state index < -0.39 is 0 Å². The van der Waals surface area contributed by atoms with Gasteiger partial charge in [-0.2, -0.15) is 5.10 Å². The van der Waals surface area contributed by atoms with E-state index in [1.807, 2.05) is 13.2 Å². The van der Waals surface area contributed by atoms with Gasteiger partial charge < -0.3 is 10.2 Å². The van der Waals surface area contributed by atoms with Crippen molar-refractivity contribution in [1.82, 2.24) is 25.1 Å². The molecule has 2 fully saturated rings. The largest absolute Gasteiger partial charge is 0.356 e. The zero-order chi connectivity index (χ0) is 14.4. The molecule has 0 aromatic carbocycles. The van der Waals surface area contributed by atoms with E-state index in [1.54, 1.807) is 4.68 Å². The number of hydrogen-bond donors (Lipinski definition) is 1.